The van der Waals surface area contributed by atoms with Gasteiger partial charge in [-0.3, -0.25) is 0 Å². The fourth-order valence-corrected chi connectivity index (χ4v) is 3.89. The molecule has 0 amide bonds. The van der Waals surface area contributed by atoms with Gasteiger partial charge in [0.2, 0.25) is 5.95 Å². The Bertz CT molecular complexity index is 899. The minimum absolute atomic E-state index is 0.821. The second-order valence-corrected chi connectivity index (χ2v) is 7.44. The second kappa shape index (κ2) is 7.50. The number of nitrogens with zero attached hydrogens (tertiary/aromatic N) is 5. The number of benzene rings is 1. The van der Waals surface area contributed by atoms with Crippen LogP contribution in [0.1, 0.15) is 12.0 Å². The molecule has 1 saturated heterocycles. The highest BCUT2D eigenvalue weighted by molar-refractivity contribution is 7.98. The van der Waals surface area contributed by atoms with E-state index >= 15 is 0 Å². The molecule has 1 fully saturated rings. The highest BCUT2D eigenvalue weighted by atomic mass is 32.2. The fraction of sp³-hybridized carbons (Fsp3) is 0.350. The topological polar surface area (TPSA) is 45.2 Å². The van der Waals surface area contributed by atoms with Gasteiger partial charge >= 0.3 is 0 Å². The summed E-state index contributed by atoms with van der Waals surface area (Å²) in [5, 5.41) is 1.24. The first kappa shape index (κ1) is 17.1. The van der Waals surface area contributed by atoms with E-state index in [2.05, 4.69) is 57.2 Å². The van der Waals surface area contributed by atoms with E-state index in [9.17, 15) is 0 Å². The number of hydrogen-bond donors (Lipinski definition) is 0. The molecule has 2 aromatic heterocycles. The van der Waals surface area contributed by atoms with Crippen LogP contribution in [0, 0.1) is 6.92 Å². The standard InChI is InChI=1S/C20H23N5S/c1-15-13-19(23-18-14-16(26-2)5-6-17(15)18)24-9-4-10-25(12-11-24)20-21-7-3-8-22-20/h3,5-8,13-14H,4,9-12H2,1-2H3. The van der Waals surface area contributed by atoms with Crippen LogP contribution in [-0.4, -0.2) is 47.4 Å². The molecule has 4 rings (SSSR count). The molecule has 0 radical (unpaired) electrons. The van der Waals surface area contributed by atoms with Crippen LogP contribution < -0.4 is 9.80 Å². The van der Waals surface area contributed by atoms with Gasteiger partial charge in [-0.15, -0.1) is 11.8 Å². The van der Waals surface area contributed by atoms with E-state index in [4.69, 9.17) is 4.98 Å². The fourth-order valence-electron chi connectivity index (χ4n) is 3.45. The number of thioether (sulfide) groups is 1. The first-order valence-electron chi connectivity index (χ1n) is 8.97. The van der Waals surface area contributed by atoms with Gasteiger partial charge in [0.25, 0.3) is 0 Å². The third kappa shape index (κ3) is 3.46. The lowest BCUT2D eigenvalue weighted by atomic mass is 10.1. The van der Waals surface area contributed by atoms with Crippen LogP contribution in [0.15, 0.2) is 47.6 Å². The predicted molar refractivity (Wildman–Crippen MR) is 109 cm³/mol. The largest absolute Gasteiger partial charge is 0.355 e. The summed E-state index contributed by atoms with van der Waals surface area (Å²) < 4.78 is 0. The average molecular weight is 366 g/mol. The van der Waals surface area contributed by atoms with E-state index in [1.807, 2.05) is 18.5 Å². The lowest BCUT2D eigenvalue weighted by Crippen LogP contribution is -2.32. The highest BCUT2D eigenvalue weighted by Crippen LogP contribution is 2.27. The maximum Gasteiger partial charge on any atom is 0.225 e. The number of rotatable bonds is 3. The SMILES string of the molecule is CSc1ccc2c(C)cc(N3CCCN(c4ncccn4)CC3)nc2c1. The molecular formula is C20H23N5S. The Balaban J connectivity index is 1.59. The van der Waals surface area contributed by atoms with Crippen LogP contribution in [0.25, 0.3) is 10.9 Å². The molecule has 1 aliphatic rings. The maximum atomic E-state index is 4.97. The van der Waals surface area contributed by atoms with Crippen molar-refractivity contribution < 1.29 is 0 Å². The van der Waals surface area contributed by atoms with Crippen LogP contribution >= 0.6 is 11.8 Å². The quantitative estimate of drug-likeness (QED) is 0.659. The Kier molecular flexibility index (Phi) is 4.93. The minimum Gasteiger partial charge on any atom is -0.355 e. The summed E-state index contributed by atoms with van der Waals surface area (Å²) in [5.74, 6) is 1.89. The Morgan fingerprint density at radius 2 is 1.73 bits per heavy atom. The van der Waals surface area contributed by atoms with Gasteiger partial charge in [-0.1, -0.05) is 6.07 Å². The van der Waals surface area contributed by atoms with Crippen molar-refractivity contribution in [2.45, 2.75) is 18.2 Å². The molecule has 0 saturated carbocycles. The van der Waals surface area contributed by atoms with Gasteiger partial charge in [0.1, 0.15) is 5.82 Å². The number of hydrogen-bond acceptors (Lipinski definition) is 6. The minimum atomic E-state index is 0.821. The van der Waals surface area contributed by atoms with Crippen molar-refractivity contribution in [3.63, 3.8) is 0 Å². The lowest BCUT2D eigenvalue weighted by Gasteiger charge is -2.23. The summed E-state index contributed by atoms with van der Waals surface area (Å²) in [7, 11) is 0. The van der Waals surface area contributed by atoms with Crippen LogP contribution in [0.2, 0.25) is 0 Å². The van der Waals surface area contributed by atoms with E-state index in [0.29, 0.717) is 0 Å². The van der Waals surface area contributed by atoms with Gasteiger partial charge in [0.05, 0.1) is 5.52 Å². The number of aryl methyl sites for hydroxylation is 1. The van der Waals surface area contributed by atoms with E-state index in [1.165, 1.54) is 15.8 Å². The van der Waals surface area contributed by atoms with Crippen molar-refractivity contribution in [1.82, 2.24) is 15.0 Å². The van der Waals surface area contributed by atoms with Crippen LogP contribution in [0.5, 0.6) is 0 Å². The average Bonchev–Trinajstić information content (AvgIpc) is 2.94. The van der Waals surface area contributed by atoms with Crippen molar-refractivity contribution in [1.29, 1.82) is 0 Å². The molecule has 6 heteroatoms. The highest BCUT2D eigenvalue weighted by Gasteiger charge is 2.18. The molecule has 134 valence electrons. The Morgan fingerprint density at radius 1 is 0.962 bits per heavy atom. The van der Waals surface area contributed by atoms with Crippen LogP contribution in [0.3, 0.4) is 0 Å². The summed E-state index contributed by atoms with van der Waals surface area (Å²) in [6, 6.07) is 10.6. The molecule has 0 atom stereocenters. The summed E-state index contributed by atoms with van der Waals surface area (Å²) in [6.45, 7) is 5.99. The summed E-state index contributed by atoms with van der Waals surface area (Å²) in [4.78, 5) is 19.7. The van der Waals surface area contributed by atoms with Crippen molar-refractivity contribution in [3.05, 3.63) is 48.3 Å². The van der Waals surface area contributed by atoms with E-state index < -0.39 is 0 Å². The van der Waals surface area contributed by atoms with Crippen molar-refractivity contribution in [2.75, 3.05) is 42.2 Å². The first-order valence-corrected chi connectivity index (χ1v) is 10.2. The van der Waals surface area contributed by atoms with Gasteiger partial charge in [0.15, 0.2) is 0 Å². The summed E-state index contributed by atoms with van der Waals surface area (Å²) in [6.07, 6.45) is 6.79. The number of fused-ring (bicyclic) bond motifs is 1. The van der Waals surface area contributed by atoms with Crippen molar-refractivity contribution in [2.24, 2.45) is 0 Å². The molecule has 0 bridgehead atoms. The number of aromatic nitrogens is 3. The number of pyridine rings is 1. The first-order chi connectivity index (χ1) is 12.7. The Morgan fingerprint density at radius 3 is 2.54 bits per heavy atom. The zero-order valence-electron chi connectivity index (χ0n) is 15.2. The van der Waals surface area contributed by atoms with Gasteiger partial charge < -0.3 is 9.80 Å². The normalized spacial score (nSPS) is 15.3. The van der Waals surface area contributed by atoms with Gasteiger partial charge in [-0.25, -0.2) is 15.0 Å². The molecule has 0 spiro atoms. The molecule has 5 nitrogen and oxygen atoms in total. The molecular weight excluding hydrogens is 342 g/mol. The molecule has 1 aliphatic heterocycles. The second-order valence-electron chi connectivity index (χ2n) is 6.56. The molecule has 3 aromatic rings. The third-order valence-corrected chi connectivity index (χ3v) is 5.59. The van der Waals surface area contributed by atoms with Crippen LogP contribution in [0.4, 0.5) is 11.8 Å². The van der Waals surface area contributed by atoms with Gasteiger partial charge in [0, 0.05) is 48.9 Å². The Hall–Kier alpha value is -2.34. The third-order valence-electron chi connectivity index (χ3n) is 4.87. The molecule has 0 unspecified atom stereocenters. The molecule has 0 N–H and O–H groups in total. The predicted octanol–water partition coefficient (Wildman–Crippen LogP) is 3.77. The molecule has 0 aliphatic carbocycles. The van der Waals surface area contributed by atoms with Gasteiger partial charge in [-0.2, -0.15) is 0 Å². The molecule has 26 heavy (non-hydrogen) atoms. The van der Waals surface area contributed by atoms with E-state index in [-0.39, 0.29) is 0 Å². The maximum absolute atomic E-state index is 4.97. The summed E-state index contributed by atoms with van der Waals surface area (Å²) in [5.41, 5.74) is 2.37. The van der Waals surface area contributed by atoms with E-state index in [1.54, 1.807) is 11.8 Å². The van der Waals surface area contributed by atoms with Crippen LogP contribution in [-0.2, 0) is 0 Å². The summed E-state index contributed by atoms with van der Waals surface area (Å²) >= 11 is 1.76. The number of anilines is 2. The zero-order valence-corrected chi connectivity index (χ0v) is 16.0. The van der Waals surface area contributed by atoms with Gasteiger partial charge in [-0.05, 0) is 49.4 Å². The Labute approximate surface area is 158 Å². The van der Waals surface area contributed by atoms with E-state index in [0.717, 1.165) is 49.9 Å². The monoisotopic (exact) mass is 365 g/mol. The van der Waals surface area contributed by atoms with Crippen molar-refractivity contribution in [3.8, 4) is 0 Å². The molecule has 1 aromatic carbocycles. The smallest absolute Gasteiger partial charge is 0.225 e. The lowest BCUT2D eigenvalue weighted by molar-refractivity contribution is 0.781. The van der Waals surface area contributed by atoms with Crippen molar-refractivity contribution >= 4 is 34.4 Å². The zero-order chi connectivity index (χ0) is 17.9. The molecule has 3 heterocycles.